The lowest BCUT2D eigenvalue weighted by molar-refractivity contribution is -0.0525. The van der Waals surface area contributed by atoms with Gasteiger partial charge in [0.15, 0.2) is 0 Å². The van der Waals surface area contributed by atoms with Crippen molar-refractivity contribution >= 4 is 0 Å². The van der Waals surface area contributed by atoms with E-state index in [2.05, 4.69) is 54.5 Å². The van der Waals surface area contributed by atoms with Crippen molar-refractivity contribution in [2.45, 2.75) is 119 Å². The third-order valence-corrected chi connectivity index (χ3v) is 11.6. The second kappa shape index (κ2) is 8.59. The second-order valence-corrected chi connectivity index (χ2v) is 13.3. The predicted octanol–water partition coefficient (Wildman–Crippen LogP) is 9.30. The highest BCUT2D eigenvalue weighted by molar-refractivity contribution is 5.25. The molecule has 30 heavy (non-hydrogen) atoms. The highest BCUT2D eigenvalue weighted by atomic mass is 14.6. The number of rotatable bonds is 6. The molecule has 172 valence electrons. The zero-order valence-electron chi connectivity index (χ0n) is 21.5. The summed E-state index contributed by atoms with van der Waals surface area (Å²) in [7, 11) is 0. The van der Waals surface area contributed by atoms with Gasteiger partial charge in [0, 0.05) is 0 Å². The molecule has 4 aliphatic carbocycles. The lowest BCUT2D eigenvalue weighted by Gasteiger charge is -2.58. The highest BCUT2D eigenvalue weighted by Gasteiger charge is 2.58. The van der Waals surface area contributed by atoms with E-state index in [1.54, 1.807) is 0 Å². The van der Waals surface area contributed by atoms with E-state index in [-0.39, 0.29) is 0 Å². The molecule has 0 radical (unpaired) electrons. The van der Waals surface area contributed by atoms with Crippen LogP contribution in [0.2, 0.25) is 0 Å². The highest BCUT2D eigenvalue weighted by Crippen LogP contribution is 2.67. The summed E-state index contributed by atoms with van der Waals surface area (Å²) in [6.07, 6.45) is 18.9. The Morgan fingerprint density at radius 1 is 0.967 bits per heavy atom. The number of hydrogen-bond acceptors (Lipinski definition) is 0. The summed E-state index contributed by atoms with van der Waals surface area (Å²) in [5, 5.41) is 0. The Balaban J connectivity index is 1.47. The van der Waals surface area contributed by atoms with E-state index in [0.29, 0.717) is 10.8 Å². The summed E-state index contributed by atoms with van der Waals surface area (Å²) in [5.41, 5.74) is 3.05. The van der Waals surface area contributed by atoms with E-state index >= 15 is 0 Å². The van der Waals surface area contributed by atoms with Gasteiger partial charge < -0.3 is 0 Å². The van der Waals surface area contributed by atoms with Gasteiger partial charge in [-0.15, -0.1) is 0 Å². The third-order valence-electron chi connectivity index (χ3n) is 11.6. The first-order chi connectivity index (χ1) is 14.2. The van der Waals surface area contributed by atoms with Crippen LogP contribution in [0.1, 0.15) is 119 Å². The quantitative estimate of drug-likeness (QED) is 0.381. The van der Waals surface area contributed by atoms with Crippen molar-refractivity contribution < 1.29 is 0 Å². The average molecular weight is 413 g/mol. The van der Waals surface area contributed by atoms with E-state index < -0.39 is 0 Å². The summed E-state index contributed by atoms with van der Waals surface area (Å²) in [5.74, 6) is 7.59. The molecule has 0 saturated heterocycles. The van der Waals surface area contributed by atoms with Crippen molar-refractivity contribution in [3.8, 4) is 0 Å². The Labute approximate surface area is 189 Å². The zero-order chi connectivity index (χ0) is 21.7. The second-order valence-electron chi connectivity index (χ2n) is 13.3. The van der Waals surface area contributed by atoms with Gasteiger partial charge in [-0.1, -0.05) is 73.0 Å². The molecule has 0 nitrogen and oxygen atoms in total. The fourth-order valence-corrected chi connectivity index (χ4v) is 9.51. The van der Waals surface area contributed by atoms with Gasteiger partial charge in [-0.2, -0.15) is 0 Å². The number of allylic oxidation sites excluding steroid dienone is 2. The smallest absolute Gasteiger partial charge is 0.00851 e. The maximum Gasteiger partial charge on any atom is -0.00851 e. The van der Waals surface area contributed by atoms with Crippen LogP contribution in [-0.4, -0.2) is 0 Å². The maximum atomic E-state index is 2.76. The molecular formula is C30H52. The Bertz CT molecular complexity index is 628. The molecule has 0 heteroatoms. The molecule has 4 rings (SSSR count). The fourth-order valence-electron chi connectivity index (χ4n) is 9.51. The van der Waals surface area contributed by atoms with Gasteiger partial charge in [0.2, 0.25) is 0 Å². The Kier molecular flexibility index (Phi) is 6.56. The Morgan fingerprint density at radius 2 is 1.73 bits per heavy atom. The minimum absolute atomic E-state index is 0.548. The SMILES string of the molecule is CC[C@H](CC[C@@H](C)[C@H]1CC[C@@H]2[C@@H]3CC=C4C[C@@H](C)CC[C@]4(C)[C@H]3CC[C@@]21C)C(C)C. The molecule has 0 amide bonds. The standard InChI is InChI=1S/C30H52/c1-8-23(20(2)3)10-9-22(5)26-13-14-27-25-12-11-24-19-21(4)15-17-29(24,6)28(25)16-18-30(26,27)7/h11,20-23,25-28H,8-10,12-19H2,1-7H3/t21-,22+,23+,25-,26+,27+,28-,29-,30+/m0/s1. The molecule has 0 unspecified atom stereocenters. The molecule has 3 saturated carbocycles. The monoisotopic (exact) mass is 412 g/mol. The van der Waals surface area contributed by atoms with Gasteiger partial charge in [0.25, 0.3) is 0 Å². The van der Waals surface area contributed by atoms with Crippen LogP contribution in [0.15, 0.2) is 11.6 Å². The summed E-state index contributed by atoms with van der Waals surface area (Å²) in [6, 6.07) is 0. The third kappa shape index (κ3) is 3.75. The molecule has 0 aromatic rings. The largest absolute Gasteiger partial charge is 0.0845 e. The van der Waals surface area contributed by atoms with Crippen LogP contribution in [0.3, 0.4) is 0 Å². The summed E-state index contributed by atoms with van der Waals surface area (Å²) in [6.45, 7) is 17.8. The van der Waals surface area contributed by atoms with Crippen molar-refractivity contribution in [2.24, 2.45) is 58.2 Å². The topological polar surface area (TPSA) is 0 Å². The van der Waals surface area contributed by atoms with Gasteiger partial charge in [-0.05, 0) is 116 Å². The zero-order valence-corrected chi connectivity index (χ0v) is 21.5. The molecule has 0 heterocycles. The van der Waals surface area contributed by atoms with Crippen LogP contribution in [-0.2, 0) is 0 Å². The van der Waals surface area contributed by atoms with Crippen molar-refractivity contribution in [2.75, 3.05) is 0 Å². The summed E-state index contributed by atoms with van der Waals surface area (Å²) in [4.78, 5) is 0. The normalized spacial score (nSPS) is 45.3. The van der Waals surface area contributed by atoms with Crippen molar-refractivity contribution in [1.82, 2.24) is 0 Å². The van der Waals surface area contributed by atoms with Crippen LogP contribution in [0, 0.1) is 58.2 Å². The molecule has 0 bridgehead atoms. The van der Waals surface area contributed by atoms with E-state index in [4.69, 9.17) is 0 Å². The first-order valence-electron chi connectivity index (χ1n) is 13.9. The number of hydrogen-bond donors (Lipinski definition) is 0. The minimum atomic E-state index is 0.548. The lowest BCUT2D eigenvalue weighted by atomic mass is 9.46. The van der Waals surface area contributed by atoms with Crippen LogP contribution in [0.25, 0.3) is 0 Å². The van der Waals surface area contributed by atoms with E-state index in [1.807, 2.05) is 5.57 Å². The van der Waals surface area contributed by atoms with Crippen LogP contribution < -0.4 is 0 Å². The first kappa shape index (κ1) is 22.9. The molecule has 0 N–H and O–H groups in total. The average Bonchev–Trinajstić information content (AvgIpc) is 3.06. The van der Waals surface area contributed by atoms with Gasteiger partial charge in [-0.3, -0.25) is 0 Å². The molecular weight excluding hydrogens is 360 g/mol. The molecule has 4 aliphatic rings. The summed E-state index contributed by atoms with van der Waals surface area (Å²) >= 11 is 0. The summed E-state index contributed by atoms with van der Waals surface area (Å²) < 4.78 is 0. The van der Waals surface area contributed by atoms with Gasteiger partial charge in [0.05, 0.1) is 0 Å². The molecule has 0 aromatic carbocycles. The molecule has 0 aromatic heterocycles. The van der Waals surface area contributed by atoms with Gasteiger partial charge >= 0.3 is 0 Å². The van der Waals surface area contributed by atoms with E-state index in [0.717, 1.165) is 47.3 Å². The van der Waals surface area contributed by atoms with Crippen LogP contribution in [0.4, 0.5) is 0 Å². The molecule has 0 spiro atoms. The molecule has 3 fully saturated rings. The predicted molar refractivity (Wildman–Crippen MR) is 131 cm³/mol. The number of fused-ring (bicyclic) bond motifs is 5. The Hall–Kier alpha value is -0.260. The van der Waals surface area contributed by atoms with E-state index in [9.17, 15) is 0 Å². The van der Waals surface area contributed by atoms with Crippen molar-refractivity contribution in [3.63, 3.8) is 0 Å². The van der Waals surface area contributed by atoms with Crippen molar-refractivity contribution in [3.05, 3.63) is 11.6 Å². The van der Waals surface area contributed by atoms with Crippen LogP contribution >= 0.6 is 0 Å². The molecule has 0 aliphatic heterocycles. The molecule has 9 atom stereocenters. The lowest BCUT2D eigenvalue weighted by Crippen LogP contribution is -2.50. The van der Waals surface area contributed by atoms with Gasteiger partial charge in [0.1, 0.15) is 0 Å². The van der Waals surface area contributed by atoms with Gasteiger partial charge in [-0.25, -0.2) is 0 Å². The van der Waals surface area contributed by atoms with Crippen molar-refractivity contribution in [1.29, 1.82) is 0 Å². The van der Waals surface area contributed by atoms with E-state index in [1.165, 1.54) is 70.6 Å². The Morgan fingerprint density at radius 3 is 2.43 bits per heavy atom. The fraction of sp³-hybridized carbons (Fsp3) is 0.933. The minimum Gasteiger partial charge on any atom is -0.0845 e. The first-order valence-corrected chi connectivity index (χ1v) is 13.9. The maximum absolute atomic E-state index is 2.76. The van der Waals surface area contributed by atoms with Crippen LogP contribution in [0.5, 0.6) is 0 Å².